The second-order valence-corrected chi connectivity index (χ2v) is 9.51. The van der Waals surface area contributed by atoms with Crippen LogP contribution in [-0.4, -0.2) is 35.8 Å². The van der Waals surface area contributed by atoms with Crippen molar-refractivity contribution in [1.82, 2.24) is 9.80 Å². The van der Waals surface area contributed by atoms with Gasteiger partial charge in [0.15, 0.2) is 0 Å². The van der Waals surface area contributed by atoms with E-state index in [4.69, 9.17) is 11.6 Å². The number of hydrogen-bond acceptors (Lipinski definition) is 2. The Labute approximate surface area is 200 Å². The lowest BCUT2D eigenvalue weighted by molar-refractivity contribution is -0.137. The average Bonchev–Trinajstić information content (AvgIpc) is 2.82. The maximum Gasteiger partial charge on any atom is 0.227 e. The van der Waals surface area contributed by atoms with Crippen LogP contribution in [0.2, 0.25) is 5.02 Å². The molecule has 172 valence electrons. The summed E-state index contributed by atoms with van der Waals surface area (Å²) in [5, 5.41) is 0.737. The van der Waals surface area contributed by atoms with Gasteiger partial charge in [-0.1, -0.05) is 72.3 Å². The van der Waals surface area contributed by atoms with Crippen molar-refractivity contribution in [3.63, 3.8) is 0 Å². The molecule has 0 bridgehead atoms. The van der Waals surface area contributed by atoms with Gasteiger partial charge in [0.05, 0.1) is 5.92 Å². The fourth-order valence-corrected chi connectivity index (χ4v) is 4.97. The van der Waals surface area contributed by atoms with Gasteiger partial charge < -0.3 is 4.90 Å². The van der Waals surface area contributed by atoms with Gasteiger partial charge in [-0.15, -0.1) is 0 Å². The number of benzene rings is 3. The first kappa shape index (κ1) is 23.5. The number of carbonyl (C=O) groups excluding carboxylic acids is 1. The molecule has 0 radical (unpaired) electrons. The molecule has 1 heterocycles. The molecule has 2 atom stereocenters. The van der Waals surface area contributed by atoms with Crippen LogP contribution in [0.25, 0.3) is 0 Å². The lowest BCUT2D eigenvalue weighted by Gasteiger charge is -2.39. The Kier molecular flexibility index (Phi) is 7.46. The third-order valence-electron chi connectivity index (χ3n) is 6.52. The minimum atomic E-state index is -0.197. The summed E-state index contributed by atoms with van der Waals surface area (Å²) < 4.78 is 13.9. The van der Waals surface area contributed by atoms with Crippen LogP contribution in [0.15, 0.2) is 72.8 Å². The highest BCUT2D eigenvalue weighted by molar-refractivity contribution is 6.31. The van der Waals surface area contributed by atoms with Gasteiger partial charge >= 0.3 is 0 Å². The number of amides is 1. The Bertz CT molecular complexity index is 1100. The van der Waals surface area contributed by atoms with E-state index in [1.807, 2.05) is 78.7 Å². The molecule has 4 rings (SSSR count). The summed E-state index contributed by atoms with van der Waals surface area (Å²) in [4.78, 5) is 17.6. The van der Waals surface area contributed by atoms with Crippen LogP contribution in [0.5, 0.6) is 0 Å². The summed E-state index contributed by atoms with van der Waals surface area (Å²) in [6.07, 6.45) is 0.752. The lowest BCUT2D eigenvalue weighted by Crippen LogP contribution is -2.45. The number of nitrogens with zero attached hydrogens (tertiary/aromatic N) is 2. The zero-order valence-corrected chi connectivity index (χ0v) is 19.9. The first-order chi connectivity index (χ1) is 15.9. The van der Waals surface area contributed by atoms with Crippen LogP contribution in [-0.2, 0) is 17.9 Å². The zero-order chi connectivity index (χ0) is 23.4. The first-order valence-electron chi connectivity index (χ1n) is 11.4. The zero-order valence-electron chi connectivity index (χ0n) is 19.2. The quantitative estimate of drug-likeness (QED) is 0.443. The SMILES string of the molecule is Cc1cc(C2CC(C(=O)N(C)Cc3ccccc3)CN(Cc3ccccc3Cl)C2)ccc1F. The molecule has 3 aromatic rings. The van der Waals surface area contributed by atoms with E-state index in [0.717, 1.165) is 34.7 Å². The molecule has 3 aromatic carbocycles. The van der Waals surface area contributed by atoms with Crippen molar-refractivity contribution < 1.29 is 9.18 Å². The highest BCUT2D eigenvalue weighted by Gasteiger charge is 2.34. The Balaban J connectivity index is 1.56. The molecule has 1 aliphatic rings. The summed E-state index contributed by atoms with van der Waals surface area (Å²) in [5.41, 5.74) is 3.89. The van der Waals surface area contributed by atoms with Crippen LogP contribution in [0.1, 0.15) is 34.6 Å². The highest BCUT2D eigenvalue weighted by Crippen LogP contribution is 2.33. The third kappa shape index (κ3) is 5.82. The molecule has 2 unspecified atom stereocenters. The van der Waals surface area contributed by atoms with Crippen LogP contribution in [0, 0.1) is 18.7 Å². The predicted octanol–water partition coefficient (Wildman–Crippen LogP) is 6.05. The molecule has 0 saturated carbocycles. The topological polar surface area (TPSA) is 23.6 Å². The van der Waals surface area contributed by atoms with Crippen molar-refractivity contribution >= 4 is 17.5 Å². The van der Waals surface area contributed by atoms with Gasteiger partial charge in [0.25, 0.3) is 0 Å². The van der Waals surface area contributed by atoms with Gasteiger partial charge in [0, 0.05) is 38.2 Å². The number of rotatable bonds is 6. The number of hydrogen-bond donors (Lipinski definition) is 0. The summed E-state index contributed by atoms with van der Waals surface area (Å²) >= 11 is 6.43. The molecular weight excluding hydrogens is 435 g/mol. The number of piperidine rings is 1. The fourth-order valence-electron chi connectivity index (χ4n) is 4.78. The summed E-state index contributed by atoms with van der Waals surface area (Å²) in [6.45, 7) is 4.55. The van der Waals surface area contributed by atoms with E-state index in [1.54, 1.807) is 6.92 Å². The molecule has 33 heavy (non-hydrogen) atoms. The molecule has 1 aliphatic heterocycles. The van der Waals surface area contributed by atoms with Gasteiger partial charge in [-0.3, -0.25) is 9.69 Å². The Morgan fingerprint density at radius 2 is 1.79 bits per heavy atom. The fraction of sp³-hybridized carbons (Fsp3) is 0.321. The lowest BCUT2D eigenvalue weighted by atomic mass is 9.83. The molecule has 0 aliphatic carbocycles. The second-order valence-electron chi connectivity index (χ2n) is 9.10. The minimum Gasteiger partial charge on any atom is -0.341 e. The summed E-state index contributed by atoms with van der Waals surface area (Å²) in [7, 11) is 1.87. The van der Waals surface area contributed by atoms with E-state index in [9.17, 15) is 9.18 Å². The van der Waals surface area contributed by atoms with Crippen molar-refractivity contribution in [2.45, 2.75) is 32.4 Å². The molecule has 0 N–H and O–H groups in total. The van der Waals surface area contributed by atoms with E-state index in [2.05, 4.69) is 4.90 Å². The van der Waals surface area contributed by atoms with Crippen LogP contribution >= 0.6 is 11.6 Å². The van der Waals surface area contributed by atoms with E-state index in [1.165, 1.54) is 6.07 Å². The number of likely N-dealkylation sites (tertiary alicyclic amines) is 1. The van der Waals surface area contributed by atoms with Gasteiger partial charge in [-0.05, 0) is 53.6 Å². The average molecular weight is 465 g/mol. The normalized spacial score (nSPS) is 18.8. The van der Waals surface area contributed by atoms with Gasteiger partial charge in [0.1, 0.15) is 5.82 Å². The van der Waals surface area contributed by atoms with E-state index in [-0.39, 0.29) is 23.6 Å². The maximum absolute atomic E-state index is 13.9. The molecule has 1 amide bonds. The number of carbonyl (C=O) groups is 1. The molecule has 1 saturated heterocycles. The van der Waals surface area contributed by atoms with Gasteiger partial charge in [0.2, 0.25) is 5.91 Å². The molecule has 1 fully saturated rings. The third-order valence-corrected chi connectivity index (χ3v) is 6.89. The predicted molar refractivity (Wildman–Crippen MR) is 132 cm³/mol. The first-order valence-corrected chi connectivity index (χ1v) is 11.8. The number of halogens is 2. The number of aryl methyl sites for hydroxylation is 1. The van der Waals surface area contributed by atoms with Gasteiger partial charge in [-0.2, -0.15) is 0 Å². The van der Waals surface area contributed by atoms with Crippen molar-refractivity contribution in [2.75, 3.05) is 20.1 Å². The largest absolute Gasteiger partial charge is 0.341 e. The molecule has 3 nitrogen and oxygen atoms in total. The van der Waals surface area contributed by atoms with E-state index in [0.29, 0.717) is 25.2 Å². The van der Waals surface area contributed by atoms with Crippen molar-refractivity contribution in [1.29, 1.82) is 0 Å². The summed E-state index contributed by atoms with van der Waals surface area (Å²) in [6, 6.07) is 23.2. The van der Waals surface area contributed by atoms with Crippen LogP contribution in [0.3, 0.4) is 0 Å². The highest BCUT2D eigenvalue weighted by atomic mass is 35.5. The smallest absolute Gasteiger partial charge is 0.227 e. The summed E-state index contributed by atoms with van der Waals surface area (Å²) in [5.74, 6) is -0.0332. The Morgan fingerprint density at radius 3 is 2.52 bits per heavy atom. The molecule has 0 spiro atoms. The van der Waals surface area contributed by atoms with Crippen LogP contribution < -0.4 is 0 Å². The molecular formula is C28H30ClFN2O. The molecule has 5 heteroatoms. The maximum atomic E-state index is 13.9. The Hall–Kier alpha value is -2.69. The second kappa shape index (κ2) is 10.5. The minimum absolute atomic E-state index is 0.134. The van der Waals surface area contributed by atoms with Crippen molar-refractivity contribution in [3.8, 4) is 0 Å². The van der Waals surface area contributed by atoms with Crippen molar-refractivity contribution in [2.24, 2.45) is 5.92 Å². The molecule has 0 aromatic heterocycles. The van der Waals surface area contributed by atoms with E-state index >= 15 is 0 Å². The Morgan fingerprint density at radius 1 is 1.06 bits per heavy atom. The van der Waals surface area contributed by atoms with Crippen molar-refractivity contribution in [3.05, 3.63) is 106 Å². The van der Waals surface area contributed by atoms with Gasteiger partial charge in [-0.25, -0.2) is 4.39 Å². The van der Waals surface area contributed by atoms with E-state index < -0.39 is 0 Å². The standard InChI is InChI=1S/C28H30ClFN2O/c1-20-14-22(12-13-27(20)30)24-15-25(28(33)31(2)16-21-8-4-3-5-9-21)19-32(18-24)17-23-10-6-7-11-26(23)29/h3-14,24-25H,15-19H2,1-2H3. The van der Waals surface area contributed by atoms with Crippen LogP contribution in [0.4, 0.5) is 4.39 Å². The monoisotopic (exact) mass is 464 g/mol.